The number of hydrogen-bond donors (Lipinski definition) is 1. The van der Waals surface area contributed by atoms with Gasteiger partial charge in [0.15, 0.2) is 0 Å². The summed E-state index contributed by atoms with van der Waals surface area (Å²) >= 11 is 7.71. The first-order chi connectivity index (χ1) is 8.85. The van der Waals surface area contributed by atoms with E-state index in [9.17, 15) is 4.79 Å². The number of esters is 1. The fourth-order valence-corrected chi connectivity index (χ4v) is 3.70. The molecule has 0 saturated carbocycles. The molecule has 3 nitrogen and oxygen atoms in total. The predicted octanol–water partition coefficient (Wildman–Crippen LogP) is 3.71. The molecule has 0 radical (unpaired) electrons. The number of thiophene rings is 1. The van der Waals surface area contributed by atoms with E-state index in [-0.39, 0.29) is 18.6 Å². The van der Waals surface area contributed by atoms with Crippen LogP contribution in [-0.4, -0.2) is 18.1 Å². The maximum atomic E-state index is 11.7. The molecule has 1 heterocycles. The molecule has 0 amide bonds. The normalized spacial score (nSPS) is 19.1. The van der Waals surface area contributed by atoms with Crippen molar-refractivity contribution in [3.63, 3.8) is 0 Å². The van der Waals surface area contributed by atoms with Crippen molar-refractivity contribution in [1.29, 1.82) is 0 Å². The largest absolute Gasteiger partial charge is 0.459 e. The average Bonchev–Trinajstić information content (AvgIpc) is 2.64. The highest BCUT2D eigenvalue weighted by molar-refractivity contribution is 7.16. The summed E-state index contributed by atoms with van der Waals surface area (Å²) in [7, 11) is 0. The molecule has 1 aliphatic rings. The first-order valence-corrected chi connectivity index (χ1v) is 7.78. The number of halogens is 1. The second-order valence-corrected chi connectivity index (χ2v) is 7.61. The van der Waals surface area contributed by atoms with Crippen LogP contribution >= 0.6 is 22.9 Å². The van der Waals surface area contributed by atoms with Gasteiger partial charge in [-0.25, -0.2) is 0 Å². The Hall–Kier alpha value is -0.580. The van der Waals surface area contributed by atoms with Gasteiger partial charge in [-0.1, -0.05) is 11.6 Å². The second-order valence-electron chi connectivity index (χ2n) is 5.84. The van der Waals surface area contributed by atoms with Crippen molar-refractivity contribution < 1.29 is 9.53 Å². The highest BCUT2D eigenvalue weighted by Crippen LogP contribution is 2.37. The molecule has 0 aliphatic heterocycles. The maximum Gasteiger partial charge on any atom is 0.320 e. The van der Waals surface area contributed by atoms with Gasteiger partial charge in [0.1, 0.15) is 5.60 Å². The van der Waals surface area contributed by atoms with Crippen molar-refractivity contribution in [2.45, 2.75) is 51.7 Å². The number of hydrogen-bond acceptors (Lipinski definition) is 4. The van der Waals surface area contributed by atoms with Crippen LogP contribution in [0.15, 0.2) is 6.07 Å². The van der Waals surface area contributed by atoms with Crippen LogP contribution in [-0.2, 0) is 16.0 Å². The second kappa shape index (κ2) is 5.81. The van der Waals surface area contributed by atoms with Crippen molar-refractivity contribution in [3.05, 3.63) is 20.8 Å². The van der Waals surface area contributed by atoms with Gasteiger partial charge >= 0.3 is 5.97 Å². The van der Waals surface area contributed by atoms with Crippen LogP contribution in [0.25, 0.3) is 0 Å². The molecule has 0 aromatic carbocycles. The number of carbonyl (C=O) groups is 1. The molecule has 1 aromatic heterocycles. The van der Waals surface area contributed by atoms with E-state index in [1.54, 1.807) is 11.3 Å². The topological polar surface area (TPSA) is 38.3 Å². The van der Waals surface area contributed by atoms with E-state index >= 15 is 0 Å². The molecule has 0 bridgehead atoms. The number of nitrogens with one attached hydrogen (secondary N) is 1. The minimum atomic E-state index is -0.428. The van der Waals surface area contributed by atoms with E-state index in [0.717, 1.165) is 23.6 Å². The Morgan fingerprint density at radius 2 is 2.32 bits per heavy atom. The van der Waals surface area contributed by atoms with Gasteiger partial charge in [0.05, 0.1) is 10.9 Å². The number of fused-ring (bicyclic) bond motifs is 1. The monoisotopic (exact) mass is 301 g/mol. The average molecular weight is 302 g/mol. The van der Waals surface area contributed by atoms with Crippen molar-refractivity contribution in [2.75, 3.05) is 6.54 Å². The fourth-order valence-electron chi connectivity index (χ4n) is 2.32. The quantitative estimate of drug-likeness (QED) is 0.865. The molecule has 106 valence electrons. The molecule has 1 unspecified atom stereocenters. The summed E-state index contributed by atoms with van der Waals surface area (Å²) in [4.78, 5) is 13.1. The Morgan fingerprint density at radius 3 is 3.00 bits per heavy atom. The van der Waals surface area contributed by atoms with Gasteiger partial charge in [-0.15, -0.1) is 11.3 Å². The smallest absolute Gasteiger partial charge is 0.320 e. The van der Waals surface area contributed by atoms with E-state index in [4.69, 9.17) is 16.3 Å². The van der Waals surface area contributed by atoms with Gasteiger partial charge in [0.2, 0.25) is 0 Å². The van der Waals surface area contributed by atoms with Crippen LogP contribution < -0.4 is 5.32 Å². The third kappa shape index (κ3) is 4.20. The molecule has 0 saturated heterocycles. The summed E-state index contributed by atoms with van der Waals surface area (Å²) in [6.45, 7) is 5.88. The van der Waals surface area contributed by atoms with Crippen LogP contribution in [0.4, 0.5) is 0 Å². The van der Waals surface area contributed by atoms with E-state index in [1.165, 1.54) is 10.4 Å². The van der Waals surface area contributed by atoms with Crippen LogP contribution in [0.5, 0.6) is 0 Å². The predicted molar refractivity (Wildman–Crippen MR) is 78.9 cm³/mol. The summed E-state index contributed by atoms with van der Waals surface area (Å²) in [5.41, 5.74) is 0.826. The SMILES string of the molecule is CC(C)(C)OC(=O)CNC1CCCc2sc(Cl)cc21. The number of carbonyl (C=O) groups excluding carboxylic acids is 1. The lowest BCUT2D eigenvalue weighted by atomic mass is 9.94. The van der Waals surface area contributed by atoms with Crippen LogP contribution in [0, 0.1) is 0 Å². The minimum Gasteiger partial charge on any atom is -0.459 e. The Labute approximate surface area is 123 Å². The number of aryl methyl sites for hydroxylation is 1. The first-order valence-electron chi connectivity index (χ1n) is 6.58. The van der Waals surface area contributed by atoms with Crippen LogP contribution in [0.2, 0.25) is 4.34 Å². The lowest BCUT2D eigenvalue weighted by molar-refractivity contribution is -0.153. The zero-order valence-corrected chi connectivity index (χ0v) is 13.2. The minimum absolute atomic E-state index is 0.207. The molecule has 2 rings (SSSR count). The van der Waals surface area contributed by atoms with E-state index in [0.29, 0.717) is 0 Å². The van der Waals surface area contributed by atoms with E-state index < -0.39 is 5.60 Å². The highest BCUT2D eigenvalue weighted by Gasteiger charge is 2.24. The van der Waals surface area contributed by atoms with E-state index in [2.05, 4.69) is 5.32 Å². The Balaban J connectivity index is 1.92. The molecular weight excluding hydrogens is 282 g/mol. The standard InChI is InChI=1S/C14H20ClNO2S/c1-14(2,3)18-13(17)8-16-10-5-4-6-11-9(10)7-12(15)19-11/h7,10,16H,4-6,8H2,1-3H3. The molecule has 19 heavy (non-hydrogen) atoms. The summed E-state index contributed by atoms with van der Waals surface area (Å²) < 4.78 is 6.13. The molecular formula is C14H20ClNO2S. The Bertz CT molecular complexity index is 465. The summed E-state index contributed by atoms with van der Waals surface area (Å²) in [5.74, 6) is -0.207. The Morgan fingerprint density at radius 1 is 1.58 bits per heavy atom. The summed E-state index contributed by atoms with van der Waals surface area (Å²) in [6, 6.07) is 2.24. The van der Waals surface area contributed by atoms with Gasteiger partial charge in [-0.3, -0.25) is 10.1 Å². The number of ether oxygens (including phenoxy) is 1. The molecule has 1 aliphatic carbocycles. The van der Waals surface area contributed by atoms with Gasteiger partial charge in [-0.05, 0) is 51.7 Å². The Kier molecular flexibility index (Phi) is 4.54. The van der Waals surface area contributed by atoms with Crippen molar-refractivity contribution in [1.82, 2.24) is 5.32 Å². The van der Waals surface area contributed by atoms with Crippen molar-refractivity contribution in [3.8, 4) is 0 Å². The molecule has 0 spiro atoms. The van der Waals surface area contributed by atoms with Crippen molar-refractivity contribution >= 4 is 28.9 Å². The summed E-state index contributed by atoms with van der Waals surface area (Å²) in [5, 5.41) is 3.29. The van der Waals surface area contributed by atoms with Gasteiger partial charge in [0.25, 0.3) is 0 Å². The summed E-state index contributed by atoms with van der Waals surface area (Å²) in [6.07, 6.45) is 3.27. The van der Waals surface area contributed by atoms with Gasteiger partial charge in [-0.2, -0.15) is 0 Å². The van der Waals surface area contributed by atoms with Crippen LogP contribution in [0.3, 0.4) is 0 Å². The lowest BCUT2D eigenvalue weighted by Crippen LogP contribution is -2.34. The zero-order chi connectivity index (χ0) is 14.0. The maximum absolute atomic E-state index is 11.7. The fraction of sp³-hybridized carbons (Fsp3) is 0.643. The molecule has 1 aromatic rings. The third-order valence-corrected chi connectivity index (χ3v) is 4.34. The van der Waals surface area contributed by atoms with Gasteiger partial charge in [0, 0.05) is 10.9 Å². The first kappa shape index (κ1) is 14.8. The van der Waals surface area contributed by atoms with Crippen LogP contribution in [0.1, 0.15) is 50.1 Å². The highest BCUT2D eigenvalue weighted by atomic mass is 35.5. The third-order valence-electron chi connectivity index (χ3n) is 3.00. The lowest BCUT2D eigenvalue weighted by Gasteiger charge is -2.25. The van der Waals surface area contributed by atoms with Crippen molar-refractivity contribution in [2.24, 2.45) is 0 Å². The van der Waals surface area contributed by atoms with E-state index in [1.807, 2.05) is 26.8 Å². The zero-order valence-electron chi connectivity index (χ0n) is 11.6. The molecule has 1 atom stereocenters. The molecule has 5 heteroatoms. The molecule has 1 N–H and O–H groups in total. The molecule has 0 fully saturated rings. The number of rotatable bonds is 3. The van der Waals surface area contributed by atoms with Gasteiger partial charge < -0.3 is 4.74 Å².